The highest BCUT2D eigenvalue weighted by molar-refractivity contribution is 5.16. The summed E-state index contributed by atoms with van der Waals surface area (Å²) in [5.74, 6) is 0. The summed E-state index contributed by atoms with van der Waals surface area (Å²) in [4.78, 5) is 0. The molecule has 1 unspecified atom stereocenters. The monoisotopic (exact) mass is 290 g/mol. The van der Waals surface area contributed by atoms with Crippen LogP contribution in [0.5, 0.6) is 0 Å². The van der Waals surface area contributed by atoms with Gasteiger partial charge in [0.2, 0.25) is 0 Å². The van der Waals surface area contributed by atoms with Crippen LogP contribution in [0.25, 0.3) is 0 Å². The maximum atomic E-state index is 6.08. The highest BCUT2D eigenvalue weighted by Crippen LogP contribution is 2.25. The molecule has 0 spiro atoms. The third-order valence-corrected chi connectivity index (χ3v) is 4.22. The molecule has 1 nitrogen and oxygen atoms in total. The van der Waals surface area contributed by atoms with Crippen LogP contribution in [0.3, 0.4) is 0 Å². The van der Waals surface area contributed by atoms with Crippen molar-refractivity contribution in [2.45, 2.75) is 84.2 Å². The van der Waals surface area contributed by atoms with E-state index >= 15 is 0 Å². The lowest BCUT2D eigenvalue weighted by Crippen LogP contribution is -2.31. The fourth-order valence-corrected chi connectivity index (χ4v) is 3.04. The summed E-state index contributed by atoms with van der Waals surface area (Å²) < 4.78 is 6.08. The Morgan fingerprint density at radius 1 is 0.857 bits per heavy atom. The predicted octanol–water partition coefficient (Wildman–Crippen LogP) is 6.17. The van der Waals surface area contributed by atoms with E-state index < -0.39 is 0 Å². The van der Waals surface area contributed by atoms with Gasteiger partial charge in [0.1, 0.15) is 0 Å². The molecule has 0 N–H and O–H groups in total. The molecular weight excluding hydrogens is 256 g/mol. The minimum atomic E-state index is -0.000474. The fraction of sp³-hybridized carbons (Fsp3) is 0.700. The zero-order valence-corrected chi connectivity index (χ0v) is 14.4. The van der Waals surface area contributed by atoms with Crippen LogP contribution in [0.2, 0.25) is 0 Å². The van der Waals surface area contributed by atoms with Crippen molar-refractivity contribution < 1.29 is 4.74 Å². The minimum absolute atomic E-state index is 0.000474. The van der Waals surface area contributed by atoms with Crippen LogP contribution < -0.4 is 0 Å². The van der Waals surface area contributed by atoms with E-state index in [1.54, 1.807) is 0 Å². The topological polar surface area (TPSA) is 9.23 Å². The third-order valence-electron chi connectivity index (χ3n) is 4.22. The highest BCUT2D eigenvalue weighted by Gasteiger charge is 2.24. The highest BCUT2D eigenvalue weighted by atomic mass is 16.5. The molecule has 0 saturated heterocycles. The van der Waals surface area contributed by atoms with Gasteiger partial charge >= 0.3 is 0 Å². The van der Waals surface area contributed by atoms with E-state index in [4.69, 9.17) is 4.74 Å². The van der Waals surface area contributed by atoms with Crippen molar-refractivity contribution in [1.82, 2.24) is 0 Å². The van der Waals surface area contributed by atoms with Crippen molar-refractivity contribution in [2.24, 2.45) is 0 Å². The molecule has 0 amide bonds. The Bertz CT molecular complexity index is 346. The molecule has 0 saturated carbocycles. The number of hydrogen-bond donors (Lipinski definition) is 0. The van der Waals surface area contributed by atoms with E-state index in [-0.39, 0.29) is 5.60 Å². The van der Waals surface area contributed by atoms with Gasteiger partial charge in [-0.15, -0.1) is 0 Å². The maximum absolute atomic E-state index is 6.08. The first-order valence-electron chi connectivity index (χ1n) is 8.88. The van der Waals surface area contributed by atoms with Crippen molar-refractivity contribution in [3.05, 3.63) is 35.9 Å². The number of unbranched alkanes of at least 4 members (excludes halogenated alkanes) is 6. The normalized spacial score (nSPS) is 14.0. The summed E-state index contributed by atoms with van der Waals surface area (Å²) in [6.07, 6.45) is 11.7. The zero-order valence-electron chi connectivity index (χ0n) is 14.4. The van der Waals surface area contributed by atoms with E-state index in [0.29, 0.717) is 0 Å². The molecule has 0 radical (unpaired) electrons. The third kappa shape index (κ3) is 8.26. The molecule has 0 aromatic heterocycles. The molecule has 21 heavy (non-hydrogen) atoms. The van der Waals surface area contributed by atoms with E-state index in [9.17, 15) is 0 Å². The first-order valence-corrected chi connectivity index (χ1v) is 8.88. The van der Waals surface area contributed by atoms with Crippen LogP contribution >= 0.6 is 0 Å². The Morgan fingerprint density at radius 2 is 1.48 bits per heavy atom. The molecule has 1 heteroatoms. The Morgan fingerprint density at radius 3 is 2.10 bits per heavy atom. The summed E-state index contributed by atoms with van der Waals surface area (Å²) in [5.41, 5.74) is 1.39. The van der Waals surface area contributed by atoms with Gasteiger partial charge in [-0.1, -0.05) is 82.2 Å². The van der Waals surface area contributed by atoms with Crippen LogP contribution in [0.15, 0.2) is 30.3 Å². The lowest BCUT2D eigenvalue weighted by Gasteiger charge is -2.30. The number of rotatable bonds is 12. The van der Waals surface area contributed by atoms with Crippen molar-refractivity contribution in [3.63, 3.8) is 0 Å². The smallest absolute Gasteiger partial charge is 0.0694 e. The lowest BCUT2D eigenvalue weighted by molar-refractivity contribution is -0.0322. The van der Waals surface area contributed by atoms with Gasteiger partial charge in [-0.3, -0.25) is 0 Å². The van der Waals surface area contributed by atoms with Gasteiger partial charge in [0.25, 0.3) is 0 Å². The Labute approximate surface area is 132 Å². The molecule has 1 atom stereocenters. The molecule has 0 bridgehead atoms. The van der Waals surface area contributed by atoms with Crippen LogP contribution in [-0.2, 0) is 11.2 Å². The zero-order chi connectivity index (χ0) is 15.4. The summed E-state index contributed by atoms with van der Waals surface area (Å²) in [6.45, 7) is 7.46. The van der Waals surface area contributed by atoms with E-state index in [1.165, 1.54) is 56.9 Å². The van der Waals surface area contributed by atoms with Gasteiger partial charge in [-0.2, -0.15) is 0 Å². The predicted molar refractivity (Wildman–Crippen MR) is 92.8 cm³/mol. The molecule has 0 aliphatic heterocycles. The standard InChI is InChI=1S/C20H34O/c1-4-6-7-8-9-10-14-17-20(3,21-5-2)18-19-15-12-11-13-16-19/h11-13,15-16H,4-10,14,17-18H2,1-3H3. The second kappa shape index (κ2) is 10.8. The number of benzene rings is 1. The van der Waals surface area contributed by atoms with E-state index in [0.717, 1.165) is 13.0 Å². The van der Waals surface area contributed by atoms with Gasteiger partial charge in [-0.25, -0.2) is 0 Å². The lowest BCUT2D eigenvalue weighted by atomic mass is 9.90. The first kappa shape index (κ1) is 18.2. The Kier molecular flexibility index (Phi) is 9.41. The average molecular weight is 290 g/mol. The number of hydrogen-bond acceptors (Lipinski definition) is 1. The second-order valence-electron chi connectivity index (χ2n) is 6.42. The molecule has 1 aromatic carbocycles. The molecule has 1 aromatic rings. The van der Waals surface area contributed by atoms with E-state index in [1.807, 2.05) is 0 Å². The first-order chi connectivity index (χ1) is 10.2. The largest absolute Gasteiger partial charge is 0.375 e. The van der Waals surface area contributed by atoms with Gasteiger partial charge < -0.3 is 4.74 Å². The molecule has 0 aliphatic carbocycles. The van der Waals surface area contributed by atoms with Crippen molar-refractivity contribution in [2.75, 3.05) is 6.61 Å². The van der Waals surface area contributed by atoms with Crippen LogP contribution in [-0.4, -0.2) is 12.2 Å². The molecule has 120 valence electrons. The quantitative estimate of drug-likeness (QED) is 0.418. The number of ether oxygens (including phenoxy) is 1. The van der Waals surface area contributed by atoms with Gasteiger partial charge in [-0.05, 0) is 25.8 Å². The van der Waals surface area contributed by atoms with Gasteiger partial charge in [0.05, 0.1) is 5.60 Å². The van der Waals surface area contributed by atoms with Crippen LogP contribution in [0.4, 0.5) is 0 Å². The van der Waals surface area contributed by atoms with Gasteiger partial charge in [0.15, 0.2) is 0 Å². The summed E-state index contributed by atoms with van der Waals surface area (Å²) >= 11 is 0. The molecule has 0 aliphatic rings. The van der Waals surface area contributed by atoms with Crippen molar-refractivity contribution in [3.8, 4) is 0 Å². The minimum Gasteiger partial charge on any atom is -0.375 e. The molecule has 0 fully saturated rings. The van der Waals surface area contributed by atoms with Crippen LogP contribution in [0.1, 0.15) is 77.7 Å². The Hall–Kier alpha value is -0.820. The van der Waals surface area contributed by atoms with E-state index in [2.05, 4.69) is 51.1 Å². The SMILES string of the molecule is CCCCCCCCCC(C)(Cc1ccccc1)OCC. The molecule has 0 heterocycles. The average Bonchev–Trinajstić information content (AvgIpc) is 2.47. The summed E-state index contributed by atoms with van der Waals surface area (Å²) in [6, 6.07) is 10.7. The van der Waals surface area contributed by atoms with Crippen molar-refractivity contribution >= 4 is 0 Å². The molecule has 1 rings (SSSR count). The summed E-state index contributed by atoms with van der Waals surface area (Å²) in [7, 11) is 0. The van der Waals surface area contributed by atoms with Crippen LogP contribution in [0, 0.1) is 0 Å². The molecular formula is C20H34O. The summed E-state index contributed by atoms with van der Waals surface area (Å²) in [5, 5.41) is 0. The van der Waals surface area contributed by atoms with Crippen molar-refractivity contribution in [1.29, 1.82) is 0 Å². The second-order valence-corrected chi connectivity index (χ2v) is 6.42. The Balaban J connectivity index is 2.31. The van der Waals surface area contributed by atoms with Gasteiger partial charge in [0, 0.05) is 13.0 Å². The maximum Gasteiger partial charge on any atom is 0.0694 e. The fourth-order valence-electron chi connectivity index (χ4n) is 3.04.